The minimum absolute atomic E-state index is 0.0855. The molecule has 0 N–H and O–H groups in total. The first-order valence-corrected chi connectivity index (χ1v) is 11.6. The average Bonchev–Trinajstić information content (AvgIpc) is 3.22. The molecule has 36 heavy (non-hydrogen) atoms. The molecular weight excluding hydrogens is 436 g/mol. The highest BCUT2D eigenvalue weighted by molar-refractivity contribution is 6.04. The SMILES string of the molecule is Cc1ccc(C#Cc2ccc3c(c2)C(=C(C#N)C#N)c2cc(C#Cc4ccc(C)cc4)ccc2-3)cc1. The topological polar surface area (TPSA) is 47.6 Å². The Bertz CT molecular complexity index is 1620. The Labute approximate surface area is 211 Å². The van der Waals surface area contributed by atoms with Crippen molar-refractivity contribution in [2.45, 2.75) is 13.8 Å². The van der Waals surface area contributed by atoms with Crippen LogP contribution in [-0.4, -0.2) is 0 Å². The van der Waals surface area contributed by atoms with Crippen molar-refractivity contribution in [1.82, 2.24) is 0 Å². The number of nitrogens with zero attached hydrogens (tertiary/aromatic N) is 2. The van der Waals surface area contributed by atoms with Crippen molar-refractivity contribution >= 4 is 5.57 Å². The summed E-state index contributed by atoms with van der Waals surface area (Å²) in [7, 11) is 0. The minimum atomic E-state index is 0.0855. The van der Waals surface area contributed by atoms with Crippen LogP contribution in [0.15, 0.2) is 90.5 Å². The molecule has 4 aromatic rings. The van der Waals surface area contributed by atoms with Gasteiger partial charge in [-0.05, 0) is 84.6 Å². The van der Waals surface area contributed by atoms with Crippen LogP contribution in [-0.2, 0) is 0 Å². The van der Waals surface area contributed by atoms with Gasteiger partial charge in [0.25, 0.3) is 0 Å². The lowest BCUT2D eigenvalue weighted by atomic mass is 9.97. The van der Waals surface area contributed by atoms with Gasteiger partial charge in [0.1, 0.15) is 17.7 Å². The normalized spacial score (nSPS) is 10.5. The summed E-state index contributed by atoms with van der Waals surface area (Å²) in [5.41, 5.74) is 10.3. The molecule has 1 aliphatic carbocycles. The fourth-order valence-electron chi connectivity index (χ4n) is 4.24. The van der Waals surface area contributed by atoms with Crippen LogP contribution in [0.2, 0.25) is 0 Å². The molecule has 0 atom stereocenters. The molecule has 1 aliphatic rings. The van der Waals surface area contributed by atoms with Crippen molar-refractivity contribution in [3.63, 3.8) is 0 Å². The van der Waals surface area contributed by atoms with Crippen molar-refractivity contribution < 1.29 is 0 Å². The first-order chi connectivity index (χ1) is 17.6. The van der Waals surface area contributed by atoms with Crippen LogP contribution >= 0.6 is 0 Å². The Morgan fingerprint density at radius 2 is 0.833 bits per heavy atom. The first kappa shape index (κ1) is 22.5. The number of rotatable bonds is 0. The Balaban J connectivity index is 1.58. The Kier molecular flexibility index (Phi) is 5.96. The van der Waals surface area contributed by atoms with Gasteiger partial charge in [-0.1, -0.05) is 71.2 Å². The lowest BCUT2D eigenvalue weighted by Crippen LogP contribution is -1.89. The molecule has 2 heteroatoms. The van der Waals surface area contributed by atoms with E-state index in [0.717, 1.165) is 44.5 Å². The summed E-state index contributed by atoms with van der Waals surface area (Å²) < 4.78 is 0. The number of fused-ring (bicyclic) bond motifs is 3. The zero-order chi connectivity index (χ0) is 25.1. The molecule has 2 nitrogen and oxygen atoms in total. The van der Waals surface area contributed by atoms with E-state index in [1.54, 1.807) is 0 Å². The molecule has 0 heterocycles. The molecular formula is C34H20N2. The third-order valence-electron chi connectivity index (χ3n) is 6.15. The van der Waals surface area contributed by atoms with Gasteiger partial charge in [0.15, 0.2) is 0 Å². The molecule has 0 radical (unpaired) electrons. The summed E-state index contributed by atoms with van der Waals surface area (Å²) >= 11 is 0. The summed E-state index contributed by atoms with van der Waals surface area (Å²) in [5.74, 6) is 12.9. The summed E-state index contributed by atoms with van der Waals surface area (Å²) in [5, 5.41) is 19.5. The molecule has 0 unspecified atom stereocenters. The second-order valence-electron chi connectivity index (χ2n) is 8.73. The molecule has 5 rings (SSSR count). The van der Waals surface area contributed by atoms with E-state index in [9.17, 15) is 10.5 Å². The van der Waals surface area contributed by atoms with E-state index in [1.165, 1.54) is 11.1 Å². The number of allylic oxidation sites excluding steroid dienone is 1. The second kappa shape index (κ2) is 9.53. The van der Waals surface area contributed by atoms with Gasteiger partial charge in [-0.25, -0.2) is 0 Å². The molecule has 0 aromatic heterocycles. The maximum Gasteiger partial charge on any atom is 0.138 e. The van der Waals surface area contributed by atoms with Gasteiger partial charge in [-0.2, -0.15) is 10.5 Å². The van der Waals surface area contributed by atoms with Crippen LogP contribution in [0.25, 0.3) is 16.7 Å². The predicted molar refractivity (Wildman–Crippen MR) is 143 cm³/mol. The van der Waals surface area contributed by atoms with Crippen LogP contribution in [0.4, 0.5) is 0 Å². The van der Waals surface area contributed by atoms with Gasteiger partial charge in [0, 0.05) is 27.8 Å². The van der Waals surface area contributed by atoms with Crippen LogP contribution < -0.4 is 0 Å². The molecule has 0 saturated carbocycles. The lowest BCUT2D eigenvalue weighted by molar-refractivity contribution is 1.45. The van der Waals surface area contributed by atoms with Crippen molar-refractivity contribution in [3.05, 3.63) is 135 Å². The Hall–Kier alpha value is -5.28. The van der Waals surface area contributed by atoms with E-state index in [4.69, 9.17) is 0 Å². The van der Waals surface area contributed by atoms with Gasteiger partial charge in [0.05, 0.1) is 0 Å². The molecule has 4 aromatic carbocycles. The zero-order valence-electron chi connectivity index (χ0n) is 20.0. The fourth-order valence-corrected chi connectivity index (χ4v) is 4.24. The third kappa shape index (κ3) is 4.41. The minimum Gasteiger partial charge on any atom is -0.192 e. The summed E-state index contributed by atoms with van der Waals surface area (Å²) in [4.78, 5) is 0. The second-order valence-corrected chi connectivity index (χ2v) is 8.73. The summed E-state index contributed by atoms with van der Waals surface area (Å²) in [6, 6.07) is 32.3. The molecule has 0 bridgehead atoms. The van der Waals surface area contributed by atoms with E-state index in [-0.39, 0.29) is 5.57 Å². The highest BCUT2D eigenvalue weighted by atomic mass is 14.3. The number of nitriles is 2. The lowest BCUT2D eigenvalue weighted by Gasteiger charge is -2.03. The zero-order valence-corrected chi connectivity index (χ0v) is 20.0. The quantitative estimate of drug-likeness (QED) is 0.187. The average molecular weight is 457 g/mol. The van der Waals surface area contributed by atoms with Gasteiger partial charge < -0.3 is 0 Å². The van der Waals surface area contributed by atoms with Gasteiger partial charge in [-0.15, -0.1) is 0 Å². The summed E-state index contributed by atoms with van der Waals surface area (Å²) in [6.45, 7) is 4.09. The molecule has 0 aliphatic heterocycles. The van der Waals surface area contributed by atoms with Crippen molar-refractivity contribution in [2.24, 2.45) is 0 Å². The van der Waals surface area contributed by atoms with Crippen LogP contribution in [0, 0.1) is 60.2 Å². The third-order valence-corrected chi connectivity index (χ3v) is 6.15. The summed E-state index contributed by atoms with van der Waals surface area (Å²) in [6.07, 6.45) is 0. The van der Waals surface area contributed by atoms with E-state index in [1.807, 2.05) is 98.8 Å². The smallest absolute Gasteiger partial charge is 0.138 e. The highest BCUT2D eigenvalue weighted by Crippen LogP contribution is 2.46. The van der Waals surface area contributed by atoms with Crippen LogP contribution in [0.1, 0.15) is 44.5 Å². The first-order valence-electron chi connectivity index (χ1n) is 11.6. The Morgan fingerprint density at radius 1 is 0.472 bits per heavy atom. The monoisotopic (exact) mass is 456 g/mol. The van der Waals surface area contributed by atoms with Gasteiger partial charge >= 0.3 is 0 Å². The number of benzene rings is 4. The van der Waals surface area contributed by atoms with E-state index >= 15 is 0 Å². The number of hydrogen-bond acceptors (Lipinski definition) is 2. The number of hydrogen-bond donors (Lipinski definition) is 0. The standard InChI is InChI=1S/C34H20N2/c1-23-3-7-25(8-4-23)11-13-27-15-17-30-31-18-16-28(14-12-26-9-5-24(2)6-10-26)20-33(31)34(32(30)19-27)29(21-35)22-36/h3-10,15-20H,1-2H3. The van der Waals surface area contributed by atoms with Crippen LogP contribution in [0.5, 0.6) is 0 Å². The maximum absolute atomic E-state index is 9.74. The van der Waals surface area contributed by atoms with Gasteiger partial charge in [0.2, 0.25) is 0 Å². The van der Waals surface area contributed by atoms with E-state index in [0.29, 0.717) is 5.57 Å². The van der Waals surface area contributed by atoms with Crippen molar-refractivity contribution in [3.8, 4) is 46.9 Å². The largest absolute Gasteiger partial charge is 0.192 e. The van der Waals surface area contributed by atoms with Crippen molar-refractivity contribution in [1.29, 1.82) is 10.5 Å². The number of aryl methyl sites for hydroxylation is 2. The highest BCUT2D eigenvalue weighted by Gasteiger charge is 2.27. The van der Waals surface area contributed by atoms with E-state index < -0.39 is 0 Å². The fraction of sp³-hybridized carbons (Fsp3) is 0.0588. The molecule has 166 valence electrons. The maximum atomic E-state index is 9.74. The molecule has 0 amide bonds. The van der Waals surface area contributed by atoms with Crippen LogP contribution in [0.3, 0.4) is 0 Å². The molecule has 0 saturated heterocycles. The van der Waals surface area contributed by atoms with Crippen molar-refractivity contribution in [2.75, 3.05) is 0 Å². The van der Waals surface area contributed by atoms with E-state index in [2.05, 4.69) is 35.8 Å². The van der Waals surface area contributed by atoms with Gasteiger partial charge in [-0.3, -0.25) is 0 Å². The Morgan fingerprint density at radius 3 is 1.22 bits per heavy atom. The molecule has 0 spiro atoms. The predicted octanol–water partition coefficient (Wildman–Crippen LogP) is 6.93. The molecule has 0 fully saturated rings.